The highest BCUT2D eigenvalue weighted by atomic mass is 16.2. The Hall–Kier alpha value is -1.58. The Labute approximate surface area is 82.9 Å². The zero-order valence-electron chi connectivity index (χ0n) is 8.19. The molecule has 0 spiro atoms. The lowest BCUT2D eigenvalue weighted by Crippen LogP contribution is -2.28. The van der Waals surface area contributed by atoms with Gasteiger partial charge in [-0.05, 0) is 18.6 Å². The summed E-state index contributed by atoms with van der Waals surface area (Å²) < 4.78 is 1.62. The van der Waals surface area contributed by atoms with E-state index in [1.807, 2.05) is 6.92 Å². The zero-order chi connectivity index (χ0) is 10.4. The molecule has 0 saturated heterocycles. The average Bonchev–Trinajstić information content (AvgIpc) is 2.62. The van der Waals surface area contributed by atoms with Gasteiger partial charge in [0, 0.05) is 12.7 Å². The maximum atomic E-state index is 11.3. The molecule has 0 bridgehead atoms. The van der Waals surface area contributed by atoms with E-state index in [0.717, 1.165) is 12.7 Å². The monoisotopic (exact) mass is 194 g/mol. The first-order valence-electron chi connectivity index (χ1n) is 4.65. The SMILES string of the molecule is CCCNC(=O)Cn1cccc1C=O. The number of nitrogens with zero attached hydrogens (tertiary/aromatic N) is 1. The van der Waals surface area contributed by atoms with Crippen LogP contribution < -0.4 is 5.32 Å². The number of aromatic nitrogens is 1. The Morgan fingerprint density at radius 3 is 3.07 bits per heavy atom. The van der Waals surface area contributed by atoms with Crippen LogP contribution in [0.15, 0.2) is 18.3 Å². The third kappa shape index (κ3) is 2.73. The molecule has 0 aliphatic heterocycles. The van der Waals surface area contributed by atoms with Crippen LogP contribution in [0.2, 0.25) is 0 Å². The van der Waals surface area contributed by atoms with E-state index < -0.39 is 0 Å². The van der Waals surface area contributed by atoms with Crippen molar-refractivity contribution in [1.82, 2.24) is 9.88 Å². The fourth-order valence-corrected chi connectivity index (χ4v) is 1.15. The van der Waals surface area contributed by atoms with Gasteiger partial charge in [-0.1, -0.05) is 6.92 Å². The van der Waals surface area contributed by atoms with Gasteiger partial charge >= 0.3 is 0 Å². The first kappa shape index (κ1) is 10.5. The van der Waals surface area contributed by atoms with Crippen LogP contribution in [0, 0.1) is 0 Å². The minimum absolute atomic E-state index is 0.0637. The van der Waals surface area contributed by atoms with E-state index in [1.165, 1.54) is 0 Å². The van der Waals surface area contributed by atoms with Crippen molar-refractivity contribution >= 4 is 12.2 Å². The van der Waals surface area contributed by atoms with Crippen molar-refractivity contribution in [2.24, 2.45) is 0 Å². The lowest BCUT2D eigenvalue weighted by Gasteiger charge is -2.05. The number of rotatable bonds is 5. The van der Waals surface area contributed by atoms with Gasteiger partial charge in [0.05, 0.1) is 5.69 Å². The molecule has 0 aliphatic rings. The molecule has 1 amide bonds. The molecular weight excluding hydrogens is 180 g/mol. The number of carbonyl (C=O) groups is 2. The van der Waals surface area contributed by atoms with Crippen LogP contribution in [0.3, 0.4) is 0 Å². The van der Waals surface area contributed by atoms with Crippen LogP contribution in [0.4, 0.5) is 0 Å². The largest absolute Gasteiger partial charge is 0.355 e. The van der Waals surface area contributed by atoms with Gasteiger partial charge in [-0.3, -0.25) is 9.59 Å². The molecule has 4 nitrogen and oxygen atoms in total. The van der Waals surface area contributed by atoms with E-state index >= 15 is 0 Å². The van der Waals surface area contributed by atoms with Crippen molar-refractivity contribution in [2.75, 3.05) is 6.54 Å². The van der Waals surface area contributed by atoms with Gasteiger partial charge in [-0.25, -0.2) is 0 Å². The molecule has 1 aromatic rings. The number of nitrogens with one attached hydrogen (secondary N) is 1. The maximum absolute atomic E-state index is 11.3. The van der Waals surface area contributed by atoms with Gasteiger partial charge in [-0.15, -0.1) is 0 Å². The second-order valence-corrected chi connectivity index (χ2v) is 3.03. The molecule has 0 saturated carbocycles. The van der Waals surface area contributed by atoms with E-state index in [-0.39, 0.29) is 12.5 Å². The summed E-state index contributed by atoms with van der Waals surface area (Å²) in [6.07, 6.45) is 3.38. The van der Waals surface area contributed by atoms with Crippen LogP contribution in [0.25, 0.3) is 0 Å². The minimum atomic E-state index is -0.0637. The Balaban J connectivity index is 2.51. The fourth-order valence-electron chi connectivity index (χ4n) is 1.15. The molecule has 1 heterocycles. The molecule has 1 N–H and O–H groups in total. The fraction of sp³-hybridized carbons (Fsp3) is 0.400. The van der Waals surface area contributed by atoms with Crippen molar-refractivity contribution in [3.8, 4) is 0 Å². The third-order valence-corrected chi connectivity index (χ3v) is 1.87. The number of hydrogen-bond donors (Lipinski definition) is 1. The molecule has 0 unspecified atom stereocenters. The van der Waals surface area contributed by atoms with Crippen LogP contribution in [-0.4, -0.2) is 23.3 Å². The summed E-state index contributed by atoms with van der Waals surface area (Å²) in [4.78, 5) is 21.8. The summed E-state index contributed by atoms with van der Waals surface area (Å²) in [5.41, 5.74) is 0.525. The van der Waals surface area contributed by atoms with Crippen molar-refractivity contribution in [3.63, 3.8) is 0 Å². The van der Waals surface area contributed by atoms with Gasteiger partial charge in [0.15, 0.2) is 6.29 Å². The first-order valence-corrected chi connectivity index (χ1v) is 4.65. The Kier molecular flexibility index (Phi) is 3.91. The molecule has 0 aliphatic carbocycles. The molecule has 0 aromatic carbocycles. The summed E-state index contributed by atoms with van der Waals surface area (Å²) in [5, 5.41) is 2.75. The molecule has 1 aromatic heterocycles. The van der Waals surface area contributed by atoms with Crippen molar-refractivity contribution in [2.45, 2.75) is 19.9 Å². The van der Waals surface area contributed by atoms with Crippen molar-refractivity contribution in [1.29, 1.82) is 0 Å². The van der Waals surface area contributed by atoms with Crippen molar-refractivity contribution in [3.05, 3.63) is 24.0 Å². The highest BCUT2D eigenvalue weighted by molar-refractivity contribution is 5.78. The molecule has 4 heteroatoms. The van der Waals surface area contributed by atoms with Gasteiger partial charge < -0.3 is 9.88 Å². The normalized spacial score (nSPS) is 9.79. The van der Waals surface area contributed by atoms with Gasteiger partial charge in [0.1, 0.15) is 6.54 Å². The highest BCUT2D eigenvalue weighted by Crippen LogP contribution is 1.98. The predicted molar refractivity (Wildman–Crippen MR) is 53.1 cm³/mol. The number of hydrogen-bond acceptors (Lipinski definition) is 2. The van der Waals surface area contributed by atoms with Crippen LogP contribution in [0.1, 0.15) is 23.8 Å². The summed E-state index contributed by atoms with van der Waals surface area (Å²) >= 11 is 0. The highest BCUT2D eigenvalue weighted by Gasteiger charge is 2.04. The Bertz CT molecular complexity index is 318. The van der Waals surface area contributed by atoms with E-state index in [0.29, 0.717) is 12.2 Å². The molecule has 0 fully saturated rings. The van der Waals surface area contributed by atoms with Gasteiger partial charge in [-0.2, -0.15) is 0 Å². The minimum Gasteiger partial charge on any atom is -0.355 e. The smallest absolute Gasteiger partial charge is 0.239 e. The molecule has 14 heavy (non-hydrogen) atoms. The number of carbonyl (C=O) groups excluding carboxylic acids is 2. The molecule has 0 radical (unpaired) electrons. The lowest BCUT2D eigenvalue weighted by atomic mass is 10.4. The van der Waals surface area contributed by atoms with E-state index in [2.05, 4.69) is 5.32 Å². The summed E-state index contributed by atoms with van der Waals surface area (Å²) in [6.45, 7) is 2.88. The average molecular weight is 194 g/mol. The standard InChI is InChI=1S/C10H14N2O2/c1-2-5-11-10(14)7-12-6-3-4-9(12)8-13/h3-4,6,8H,2,5,7H2,1H3,(H,11,14). The molecule has 1 rings (SSSR count). The zero-order valence-corrected chi connectivity index (χ0v) is 8.19. The van der Waals surface area contributed by atoms with Crippen LogP contribution >= 0.6 is 0 Å². The summed E-state index contributed by atoms with van der Waals surface area (Å²) in [5.74, 6) is -0.0637. The lowest BCUT2D eigenvalue weighted by molar-refractivity contribution is -0.121. The van der Waals surface area contributed by atoms with E-state index in [1.54, 1.807) is 22.9 Å². The predicted octanol–water partition coefficient (Wildman–Crippen LogP) is 0.827. The van der Waals surface area contributed by atoms with Crippen LogP contribution in [-0.2, 0) is 11.3 Å². The molecule has 76 valence electrons. The second kappa shape index (κ2) is 5.21. The molecular formula is C10H14N2O2. The van der Waals surface area contributed by atoms with Crippen molar-refractivity contribution < 1.29 is 9.59 Å². The third-order valence-electron chi connectivity index (χ3n) is 1.87. The first-order chi connectivity index (χ1) is 6.77. The van der Waals surface area contributed by atoms with Gasteiger partial charge in [0.25, 0.3) is 0 Å². The second-order valence-electron chi connectivity index (χ2n) is 3.03. The number of aldehydes is 1. The van der Waals surface area contributed by atoms with E-state index in [9.17, 15) is 9.59 Å². The van der Waals surface area contributed by atoms with Gasteiger partial charge in [0.2, 0.25) is 5.91 Å². The number of amides is 1. The molecule has 0 atom stereocenters. The Morgan fingerprint density at radius 1 is 1.64 bits per heavy atom. The summed E-state index contributed by atoms with van der Waals surface area (Å²) in [7, 11) is 0. The summed E-state index contributed by atoms with van der Waals surface area (Å²) in [6, 6.07) is 3.43. The van der Waals surface area contributed by atoms with Crippen LogP contribution in [0.5, 0.6) is 0 Å². The maximum Gasteiger partial charge on any atom is 0.239 e. The Morgan fingerprint density at radius 2 is 2.43 bits per heavy atom. The quantitative estimate of drug-likeness (QED) is 0.706. The van der Waals surface area contributed by atoms with E-state index in [4.69, 9.17) is 0 Å². The topological polar surface area (TPSA) is 51.1 Å².